The van der Waals surface area contributed by atoms with Crippen molar-refractivity contribution in [2.75, 3.05) is 5.32 Å². The highest BCUT2D eigenvalue weighted by atomic mass is 15.4. The first-order valence-electron chi connectivity index (χ1n) is 6.80. The van der Waals surface area contributed by atoms with Crippen LogP contribution < -0.4 is 5.32 Å². The molecule has 0 saturated heterocycles. The summed E-state index contributed by atoms with van der Waals surface area (Å²) >= 11 is 0. The molecule has 20 heavy (non-hydrogen) atoms. The molecule has 0 aliphatic carbocycles. The molecular weight excluding hydrogens is 250 g/mol. The van der Waals surface area contributed by atoms with Crippen molar-refractivity contribution >= 4 is 11.6 Å². The summed E-state index contributed by atoms with van der Waals surface area (Å²) in [5.41, 5.74) is 1.97. The van der Waals surface area contributed by atoms with Gasteiger partial charge in [0.2, 0.25) is 0 Å². The number of benzene rings is 1. The Morgan fingerprint density at radius 2 is 2.05 bits per heavy atom. The van der Waals surface area contributed by atoms with Crippen molar-refractivity contribution in [2.45, 2.75) is 26.3 Å². The molecule has 1 N–H and O–H groups in total. The molecule has 1 aromatic carbocycles. The fourth-order valence-electron chi connectivity index (χ4n) is 2.03. The first-order chi connectivity index (χ1) is 9.78. The van der Waals surface area contributed by atoms with Gasteiger partial charge in [0.25, 0.3) is 5.78 Å². The highest BCUT2D eigenvalue weighted by Crippen LogP contribution is 2.21. The first-order valence-corrected chi connectivity index (χ1v) is 6.80. The van der Waals surface area contributed by atoms with Crippen molar-refractivity contribution in [3.05, 3.63) is 42.7 Å². The number of anilines is 1. The Bertz CT molecular complexity index is 705. The molecule has 102 valence electrons. The van der Waals surface area contributed by atoms with Crippen LogP contribution in [0.3, 0.4) is 0 Å². The largest absolute Gasteiger partial charge is 0.367 e. The van der Waals surface area contributed by atoms with Crippen LogP contribution in [0, 0.1) is 0 Å². The Hall–Kier alpha value is -2.43. The van der Waals surface area contributed by atoms with Crippen molar-refractivity contribution < 1.29 is 0 Å². The third kappa shape index (κ3) is 2.34. The zero-order valence-corrected chi connectivity index (χ0v) is 11.6. The maximum absolute atomic E-state index is 4.55. The smallest absolute Gasteiger partial charge is 0.254 e. The molecule has 2 heterocycles. The van der Waals surface area contributed by atoms with E-state index in [-0.39, 0.29) is 0 Å². The summed E-state index contributed by atoms with van der Waals surface area (Å²) in [5, 5.41) is 7.67. The average Bonchev–Trinajstić information content (AvgIpc) is 2.96. The van der Waals surface area contributed by atoms with Gasteiger partial charge in [-0.2, -0.15) is 14.6 Å². The molecule has 5 nitrogen and oxygen atoms in total. The third-order valence-electron chi connectivity index (χ3n) is 3.33. The van der Waals surface area contributed by atoms with E-state index in [2.05, 4.69) is 34.2 Å². The van der Waals surface area contributed by atoms with E-state index in [9.17, 15) is 0 Å². The predicted molar refractivity (Wildman–Crippen MR) is 79.6 cm³/mol. The van der Waals surface area contributed by atoms with E-state index in [0.717, 1.165) is 23.5 Å². The number of hydrogen-bond acceptors (Lipinski definition) is 4. The fourth-order valence-corrected chi connectivity index (χ4v) is 2.03. The van der Waals surface area contributed by atoms with Gasteiger partial charge in [-0.1, -0.05) is 37.3 Å². The molecule has 2 aromatic heterocycles. The van der Waals surface area contributed by atoms with E-state index >= 15 is 0 Å². The van der Waals surface area contributed by atoms with Gasteiger partial charge in [0.15, 0.2) is 0 Å². The minimum Gasteiger partial charge on any atom is -0.367 e. The molecular formula is C15H17N5. The summed E-state index contributed by atoms with van der Waals surface area (Å²) < 4.78 is 1.73. The molecule has 0 spiro atoms. The van der Waals surface area contributed by atoms with Gasteiger partial charge < -0.3 is 5.32 Å². The predicted octanol–water partition coefficient (Wildman–Crippen LogP) is 3.00. The number of hydrogen-bond donors (Lipinski definition) is 1. The number of aromatic nitrogens is 4. The molecule has 0 aliphatic rings. The fraction of sp³-hybridized carbons (Fsp3) is 0.267. The Kier molecular flexibility index (Phi) is 3.33. The maximum atomic E-state index is 4.55. The first kappa shape index (κ1) is 12.6. The molecule has 0 aliphatic heterocycles. The van der Waals surface area contributed by atoms with Gasteiger partial charge >= 0.3 is 0 Å². The van der Waals surface area contributed by atoms with Gasteiger partial charge in [-0.15, -0.1) is 0 Å². The lowest BCUT2D eigenvalue weighted by Gasteiger charge is -2.14. The Balaban J connectivity index is 2.11. The van der Waals surface area contributed by atoms with Gasteiger partial charge in [0.05, 0.1) is 5.69 Å². The van der Waals surface area contributed by atoms with Crippen LogP contribution in [0.25, 0.3) is 17.0 Å². The van der Waals surface area contributed by atoms with Crippen molar-refractivity contribution in [1.29, 1.82) is 0 Å². The lowest BCUT2D eigenvalue weighted by molar-refractivity contribution is 0.749. The van der Waals surface area contributed by atoms with Gasteiger partial charge in [-0.25, -0.2) is 4.98 Å². The molecule has 0 amide bonds. The molecule has 0 radical (unpaired) electrons. The van der Waals surface area contributed by atoms with Gasteiger partial charge in [-0.3, -0.25) is 0 Å². The zero-order valence-electron chi connectivity index (χ0n) is 11.6. The third-order valence-corrected chi connectivity index (χ3v) is 3.33. The monoisotopic (exact) mass is 267 g/mol. The molecule has 1 unspecified atom stereocenters. The molecule has 0 fully saturated rings. The van der Waals surface area contributed by atoms with Crippen molar-refractivity contribution in [1.82, 2.24) is 19.6 Å². The lowest BCUT2D eigenvalue weighted by atomic mass is 10.1. The topological polar surface area (TPSA) is 55.1 Å². The van der Waals surface area contributed by atoms with Crippen LogP contribution in [0.5, 0.6) is 0 Å². The highest BCUT2D eigenvalue weighted by Gasteiger charge is 2.10. The Morgan fingerprint density at radius 1 is 1.25 bits per heavy atom. The maximum Gasteiger partial charge on any atom is 0.254 e. The van der Waals surface area contributed by atoms with Crippen LogP contribution in [0.2, 0.25) is 0 Å². The van der Waals surface area contributed by atoms with Gasteiger partial charge in [-0.05, 0) is 13.3 Å². The van der Waals surface area contributed by atoms with E-state index in [4.69, 9.17) is 0 Å². The van der Waals surface area contributed by atoms with Gasteiger partial charge in [0, 0.05) is 17.7 Å². The molecule has 3 rings (SSSR count). The lowest BCUT2D eigenvalue weighted by Crippen LogP contribution is -2.16. The van der Waals surface area contributed by atoms with E-state index in [1.807, 2.05) is 36.4 Å². The zero-order chi connectivity index (χ0) is 13.9. The van der Waals surface area contributed by atoms with E-state index < -0.39 is 0 Å². The van der Waals surface area contributed by atoms with Crippen molar-refractivity contribution in [3.8, 4) is 11.3 Å². The van der Waals surface area contributed by atoms with Crippen LogP contribution in [-0.2, 0) is 0 Å². The SMILES string of the molecule is CCC(C)Nc1cc(-c2ccccc2)nc2ncnn12. The van der Waals surface area contributed by atoms with Crippen molar-refractivity contribution in [3.63, 3.8) is 0 Å². The average molecular weight is 267 g/mol. The molecule has 1 atom stereocenters. The molecule has 0 bridgehead atoms. The Morgan fingerprint density at radius 3 is 2.80 bits per heavy atom. The summed E-state index contributed by atoms with van der Waals surface area (Å²) in [5.74, 6) is 1.53. The second kappa shape index (κ2) is 5.28. The molecule has 5 heteroatoms. The molecule has 0 saturated carbocycles. The van der Waals surface area contributed by atoms with Crippen LogP contribution in [0.1, 0.15) is 20.3 Å². The second-order valence-electron chi connectivity index (χ2n) is 4.82. The van der Waals surface area contributed by atoms with Crippen LogP contribution >= 0.6 is 0 Å². The van der Waals surface area contributed by atoms with Gasteiger partial charge in [0.1, 0.15) is 12.1 Å². The van der Waals surface area contributed by atoms with E-state index in [1.54, 1.807) is 4.52 Å². The minimum atomic E-state index is 0.369. The normalized spacial score (nSPS) is 12.5. The van der Waals surface area contributed by atoms with Crippen LogP contribution in [0.4, 0.5) is 5.82 Å². The number of rotatable bonds is 4. The van der Waals surface area contributed by atoms with Crippen LogP contribution in [-0.4, -0.2) is 25.6 Å². The quantitative estimate of drug-likeness (QED) is 0.789. The summed E-state index contributed by atoms with van der Waals surface area (Å²) in [6.07, 6.45) is 2.57. The molecule has 3 aromatic rings. The van der Waals surface area contributed by atoms with E-state index in [0.29, 0.717) is 11.8 Å². The van der Waals surface area contributed by atoms with E-state index in [1.165, 1.54) is 6.33 Å². The standard InChI is InChI=1S/C15H17N5/c1-3-11(2)18-14-9-13(12-7-5-4-6-8-12)19-15-16-10-17-20(14)15/h4-11,18H,3H2,1-2H3. The number of nitrogens with zero attached hydrogens (tertiary/aromatic N) is 4. The summed E-state index contributed by atoms with van der Waals surface area (Å²) in [7, 11) is 0. The second-order valence-corrected chi connectivity index (χ2v) is 4.82. The summed E-state index contributed by atoms with van der Waals surface area (Å²) in [4.78, 5) is 8.75. The van der Waals surface area contributed by atoms with Crippen LogP contribution in [0.15, 0.2) is 42.7 Å². The summed E-state index contributed by atoms with van der Waals surface area (Å²) in [6, 6.07) is 12.5. The minimum absolute atomic E-state index is 0.369. The highest BCUT2D eigenvalue weighted by molar-refractivity contribution is 5.65. The Labute approximate surface area is 117 Å². The number of nitrogens with one attached hydrogen (secondary N) is 1. The van der Waals surface area contributed by atoms with Crippen molar-refractivity contribution in [2.24, 2.45) is 0 Å². The number of fused-ring (bicyclic) bond motifs is 1. The summed E-state index contributed by atoms with van der Waals surface area (Å²) in [6.45, 7) is 4.29.